The predicted molar refractivity (Wildman–Crippen MR) is 152 cm³/mol. The van der Waals surface area contributed by atoms with Gasteiger partial charge in [-0.15, -0.1) is 0 Å². The molecule has 2 amide bonds. The molecule has 0 saturated carbocycles. The number of sulfonamides is 1. The summed E-state index contributed by atoms with van der Waals surface area (Å²) in [6, 6.07) is 17.7. The molecule has 0 heterocycles. The molecule has 0 aliphatic carbocycles. The molecule has 0 unspecified atom stereocenters. The molecular weight excluding hydrogens is 569 g/mol. The third-order valence-corrected chi connectivity index (χ3v) is 8.43. The molecule has 3 rings (SSSR count). The van der Waals surface area contributed by atoms with Crippen molar-refractivity contribution >= 4 is 62.3 Å². The van der Waals surface area contributed by atoms with E-state index >= 15 is 0 Å². The number of nitrogens with one attached hydrogen (secondary N) is 1. The lowest BCUT2D eigenvalue weighted by Gasteiger charge is -2.32. The molecule has 3 aromatic carbocycles. The largest absolute Gasteiger partial charge is 0.352 e. The predicted octanol–water partition coefficient (Wildman–Crippen LogP) is 5.78. The van der Waals surface area contributed by atoms with E-state index in [0.29, 0.717) is 20.6 Å². The molecule has 0 aromatic heterocycles. The van der Waals surface area contributed by atoms with E-state index in [0.717, 1.165) is 4.31 Å². The van der Waals surface area contributed by atoms with Gasteiger partial charge in [-0.3, -0.25) is 13.9 Å². The van der Waals surface area contributed by atoms with Crippen molar-refractivity contribution in [1.29, 1.82) is 0 Å². The quantitative estimate of drug-likeness (QED) is 0.321. The van der Waals surface area contributed by atoms with Gasteiger partial charge in [-0.05, 0) is 63.2 Å². The first-order valence-electron chi connectivity index (χ1n) is 11.8. The van der Waals surface area contributed by atoms with Gasteiger partial charge >= 0.3 is 0 Å². The fourth-order valence-electron chi connectivity index (χ4n) is 3.72. The van der Waals surface area contributed by atoms with Gasteiger partial charge in [0.2, 0.25) is 11.8 Å². The first-order valence-corrected chi connectivity index (χ1v) is 14.3. The van der Waals surface area contributed by atoms with Gasteiger partial charge in [-0.2, -0.15) is 0 Å². The summed E-state index contributed by atoms with van der Waals surface area (Å²) in [6.45, 7) is 4.46. The molecule has 0 saturated heterocycles. The minimum atomic E-state index is -4.18. The molecule has 0 radical (unpaired) electrons. The van der Waals surface area contributed by atoms with Crippen LogP contribution in [0.2, 0.25) is 15.1 Å². The number of hydrogen-bond acceptors (Lipinski definition) is 4. The zero-order chi connectivity index (χ0) is 28.0. The highest BCUT2D eigenvalue weighted by molar-refractivity contribution is 7.92. The smallest absolute Gasteiger partial charge is 0.264 e. The summed E-state index contributed by atoms with van der Waals surface area (Å²) in [5, 5.41) is 3.72. The average Bonchev–Trinajstić information content (AvgIpc) is 2.86. The minimum Gasteiger partial charge on any atom is -0.352 e. The van der Waals surface area contributed by atoms with E-state index in [-0.39, 0.29) is 23.2 Å². The van der Waals surface area contributed by atoms with Crippen LogP contribution in [0.3, 0.4) is 0 Å². The highest BCUT2D eigenvalue weighted by Crippen LogP contribution is 2.29. The lowest BCUT2D eigenvalue weighted by molar-refractivity contribution is -0.139. The van der Waals surface area contributed by atoms with E-state index in [9.17, 15) is 18.0 Å². The molecule has 0 spiro atoms. The first-order chi connectivity index (χ1) is 17.9. The monoisotopic (exact) mass is 595 g/mol. The zero-order valence-corrected chi connectivity index (χ0v) is 24.2. The van der Waals surface area contributed by atoms with Crippen LogP contribution in [0, 0.1) is 0 Å². The summed E-state index contributed by atoms with van der Waals surface area (Å²) in [5.74, 6) is -1.04. The molecule has 1 atom stereocenters. The normalized spacial score (nSPS) is 12.2. The topological polar surface area (TPSA) is 86.8 Å². The number of anilines is 1. The van der Waals surface area contributed by atoms with Crippen molar-refractivity contribution in [3.63, 3.8) is 0 Å². The number of rotatable bonds is 10. The van der Waals surface area contributed by atoms with Crippen molar-refractivity contribution < 1.29 is 18.0 Å². The maximum Gasteiger partial charge on any atom is 0.264 e. The summed E-state index contributed by atoms with van der Waals surface area (Å²) in [7, 11) is -4.18. The number of halogens is 3. The number of nitrogens with zero attached hydrogens (tertiary/aromatic N) is 2. The van der Waals surface area contributed by atoms with Crippen LogP contribution in [0.5, 0.6) is 0 Å². The molecule has 0 aliphatic heterocycles. The minimum absolute atomic E-state index is 0.000858. The second kappa shape index (κ2) is 12.8. The molecule has 1 N–H and O–H groups in total. The van der Waals surface area contributed by atoms with Gasteiger partial charge in [0, 0.05) is 33.2 Å². The van der Waals surface area contributed by atoms with Gasteiger partial charge < -0.3 is 10.2 Å². The zero-order valence-electron chi connectivity index (χ0n) is 21.1. The van der Waals surface area contributed by atoms with Crippen LogP contribution >= 0.6 is 34.8 Å². The molecule has 38 heavy (non-hydrogen) atoms. The van der Waals surface area contributed by atoms with Crippen LogP contribution in [0.25, 0.3) is 0 Å². The third kappa shape index (κ3) is 7.20. The second-order valence-corrected chi connectivity index (χ2v) is 12.0. The summed E-state index contributed by atoms with van der Waals surface area (Å²) in [4.78, 5) is 28.1. The Morgan fingerprint density at radius 1 is 0.868 bits per heavy atom. The van der Waals surface area contributed by atoms with Crippen molar-refractivity contribution in [2.45, 2.75) is 44.3 Å². The van der Waals surface area contributed by atoms with Gasteiger partial charge in [-0.1, -0.05) is 65.1 Å². The van der Waals surface area contributed by atoms with Crippen molar-refractivity contribution in [3.05, 3.63) is 93.4 Å². The van der Waals surface area contributed by atoms with Crippen LogP contribution in [0.15, 0.2) is 77.7 Å². The Morgan fingerprint density at radius 2 is 1.47 bits per heavy atom. The van der Waals surface area contributed by atoms with Gasteiger partial charge in [0.25, 0.3) is 10.0 Å². The third-order valence-electron chi connectivity index (χ3n) is 5.69. The van der Waals surface area contributed by atoms with E-state index in [2.05, 4.69) is 5.32 Å². The average molecular weight is 597 g/mol. The maximum atomic E-state index is 13.9. The molecule has 11 heteroatoms. The molecule has 0 fully saturated rings. The second-order valence-electron chi connectivity index (χ2n) is 8.87. The van der Waals surface area contributed by atoms with Crippen LogP contribution in [-0.4, -0.2) is 43.8 Å². The fourth-order valence-corrected chi connectivity index (χ4v) is 5.85. The van der Waals surface area contributed by atoms with Crippen molar-refractivity contribution in [2.24, 2.45) is 0 Å². The first kappa shape index (κ1) is 29.8. The molecule has 3 aromatic rings. The standard InChI is InChI=1S/C27H28Cl3N3O4S/c1-18(2)31-27(35)19(3)32(16-23-24(29)13-8-14-25(23)30)26(34)17-33(21-10-7-9-20(28)15-21)38(36,37)22-11-5-4-6-12-22/h4-15,18-19H,16-17H2,1-3H3,(H,31,35)/t19-/m0/s1. The Balaban J connectivity index is 2.06. The summed E-state index contributed by atoms with van der Waals surface area (Å²) >= 11 is 18.9. The number of carbonyl (C=O) groups is 2. The Hall–Kier alpha value is -2.78. The van der Waals surface area contributed by atoms with Gasteiger partial charge in [0.1, 0.15) is 12.6 Å². The van der Waals surface area contributed by atoms with Gasteiger partial charge in [0.05, 0.1) is 10.6 Å². The van der Waals surface area contributed by atoms with E-state index in [4.69, 9.17) is 34.8 Å². The van der Waals surface area contributed by atoms with E-state index in [1.807, 2.05) is 0 Å². The molecule has 202 valence electrons. The van der Waals surface area contributed by atoms with Crippen molar-refractivity contribution in [2.75, 3.05) is 10.8 Å². The number of carbonyl (C=O) groups excluding carboxylic acids is 2. The molecule has 0 bridgehead atoms. The van der Waals surface area contributed by atoms with Gasteiger partial charge in [0.15, 0.2) is 0 Å². The van der Waals surface area contributed by atoms with E-state index < -0.39 is 34.4 Å². The number of benzene rings is 3. The summed E-state index contributed by atoms with van der Waals surface area (Å²) in [5.41, 5.74) is 0.637. The van der Waals surface area contributed by atoms with Crippen molar-refractivity contribution in [3.8, 4) is 0 Å². The van der Waals surface area contributed by atoms with Crippen LogP contribution in [0.1, 0.15) is 26.3 Å². The lowest BCUT2D eigenvalue weighted by Crippen LogP contribution is -2.52. The Morgan fingerprint density at radius 3 is 2.05 bits per heavy atom. The Labute approximate surface area is 238 Å². The maximum absolute atomic E-state index is 13.9. The van der Waals surface area contributed by atoms with Gasteiger partial charge in [-0.25, -0.2) is 8.42 Å². The highest BCUT2D eigenvalue weighted by Gasteiger charge is 2.33. The Bertz CT molecular complexity index is 1380. The summed E-state index contributed by atoms with van der Waals surface area (Å²) in [6.07, 6.45) is 0. The Kier molecular flexibility index (Phi) is 10.1. The van der Waals surface area contributed by atoms with Crippen LogP contribution in [-0.2, 0) is 26.2 Å². The summed E-state index contributed by atoms with van der Waals surface area (Å²) < 4.78 is 28.4. The highest BCUT2D eigenvalue weighted by atomic mass is 35.5. The molecular formula is C27H28Cl3N3O4S. The van der Waals surface area contributed by atoms with Crippen LogP contribution < -0.4 is 9.62 Å². The fraction of sp³-hybridized carbons (Fsp3) is 0.259. The molecule has 7 nitrogen and oxygen atoms in total. The van der Waals surface area contributed by atoms with Crippen LogP contribution in [0.4, 0.5) is 5.69 Å². The van der Waals surface area contributed by atoms with Crippen molar-refractivity contribution in [1.82, 2.24) is 10.2 Å². The SMILES string of the molecule is CC(C)NC(=O)[C@H](C)N(Cc1c(Cl)cccc1Cl)C(=O)CN(c1cccc(Cl)c1)S(=O)(=O)c1ccccc1. The van der Waals surface area contributed by atoms with E-state index in [1.165, 1.54) is 23.1 Å². The lowest BCUT2D eigenvalue weighted by atomic mass is 10.1. The number of amides is 2. The number of hydrogen-bond donors (Lipinski definition) is 1. The van der Waals surface area contributed by atoms with E-state index in [1.54, 1.807) is 75.4 Å². The molecule has 0 aliphatic rings.